The van der Waals surface area contributed by atoms with Crippen LogP contribution < -0.4 is 19.5 Å². The molecule has 0 saturated carbocycles. The zero-order chi connectivity index (χ0) is 19.9. The van der Waals surface area contributed by atoms with Gasteiger partial charge in [0.25, 0.3) is 0 Å². The van der Waals surface area contributed by atoms with E-state index in [0.717, 1.165) is 0 Å². The van der Waals surface area contributed by atoms with Gasteiger partial charge >= 0.3 is 0 Å². The second-order valence-corrected chi connectivity index (χ2v) is 5.44. The molecule has 0 unspecified atom stereocenters. The molecule has 3 aromatic rings. The van der Waals surface area contributed by atoms with Crippen molar-refractivity contribution in [2.24, 2.45) is 0 Å². The number of hydrogen-bond acceptors (Lipinski definition) is 9. The minimum absolute atomic E-state index is 0.0589. The Kier molecular flexibility index (Phi) is 5.88. The van der Waals surface area contributed by atoms with Crippen LogP contribution in [0, 0.1) is 11.3 Å². The third-order valence-electron chi connectivity index (χ3n) is 3.70. The quantitative estimate of drug-likeness (QED) is 0.565. The predicted octanol–water partition coefficient (Wildman–Crippen LogP) is 2.48. The van der Waals surface area contributed by atoms with Crippen molar-refractivity contribution in [3.8, 4) is 34.6 Å². The minimum atomic E-state index is 0.0589. The van der Waals surface area contributed by atoms with Crippen molar-refractivity contribution in [3.63, 3.8) is 0 Å². The summed E-state index contributed by atoms with van der Waals surface area (Å²) in [5.41, 5.74) is 1.54. The first-order chi connectivity index (χ1) is 13.7. The molecule has 0 spiro atoms. The van der Waals surface area contributed by atoms with Crippen LogP contribution in [0.1, 0.15) is 5.69 Å². The first-order valence-corrected chi connectivity index (χ1v) is 8.11. The van der Waals surface area contributed by atoms with Crippen LogP contribution in [0.15, 0.2) is 30.6 Å². The highest BCUT2D eigenvalue weighted by molar-refractivity contribution is 5.77. The molecule has 10 heteroatoms. The van der Waals surface area contributed by atoms with E-state index in [-0.39, 0.29) is 12.5 Å². The molecular weight excluding hydrogens is 364 g/mol. The Labute approximate surface area is 161 Å². The lowest BCUT2D eigenvalue weighted by Gasteiger charge is -2.15. The van der Waals surface area contributed by atoms with Gasteiger partial charge in [-0.1, -0.05) is 0 Å². The number of aromatic amines is 1. The van der Waals surface area contributed by atoms with Crippen molar-refractivity contribution in [2.45, 2.75) is 0 Å². The fourth-order valence-electron chi connectivity index (χ4n) is 2.44. The van der Waals surface area contributed by atoms with E-state index < -0.39 is 0 Å². The Morgan fingerprint density at radius 3 is 2.50 bits per heavy atom. The van der Waals surface area contributed by atoms with Crippen LogP contribution in [0.4, 0.5) is 11.6 Å². The van der Waals surface area contributed by atoms with Crippen molar-refractivity contribution in [1.82, 2.24) is 20.2 Å². The molecule has 2 heterocycles. The Morgan fingerprint density at radius 2 is 1.86 bits per heavy atom. The van der Waals surface area contributed by atoms with Crippen LogP contribution in [-0.2, 0) is 4.74 Å². The molecule has 10 nitrogen and oxygen atoms in total. The van der Waals surface area contributed by atoms with Crippen LogP contribution >= 0.6 is 0 Å². The lowest BCUT2D eigenvalue weighted by molar-refractivity contribution is 0.0512. The van der Waals surface area contributed by atoms with E-state index in [9.17, 15) is 0 Å². The maximum absolute atomic E-state index is 8.79. The first kappa shape index (κ1) is 18.9. The fourth-order valence-corrected chi connectivity index (χ4v) is 2.44. The molecule has 28 heavy (non-hydrogen) atoms. The van der Waals surface area contributed by atoms with Gasteiger partial charge in [0.15, 0.2) is 18.3 Å². The molecule has 2 N–H and O–H groups in total. The molecule has 0 amide bonds. The number of anilines is 2. The summed E-state index contributed by atoms with van der Waals surface area (Å²) < 4.78 is 21.5. The number of rotatable bonds is 8. The van der Waals surface area contributed by atoms with E-state index in [0.29, 0.717) is 40.1 Å². The highest BCUT2D eigenvalue weighted by Gasteiger charge is 2.18. The first-order valence-electron chi connectivity index (χ1n) is 8.11. The Morgan fingerprint density at radius 1 is 1.04 bits per heavy atom. The molecule has 0 radical (unpaired) electrons. The van der Waals surface area contributed by atoms with Crippen LogP contribution in [0.25, 0.3) is 11.3 Å². The van der Waals surface area contributed by atoms with Gasteiger partial charge in [0.2, 0.25) is 0 Å². The average molecular weight is 382 g/mol. The lowest BCUT2D eigenvalue weighted by atomic mass is 10.1. The van der Waals surface area contributed by atoms with Crippen LogP contribution in [0.2, 0.25) is 0 Å². The Bertz CT molecular complexity index is 981. The molecule has 0 aliphatic carbocycles. The zero-order valence-electron chi connectivity index (χ0n) is 15.5. The zero-order valence-corrected chi connectivity index (χ0v) is 15.5. The molecule has 0 aliphatic rings. The molecule has 144 valence electrons. The maximum Gasteiger partial charge on any atom is 0.188 e. The van der Waals surface area contributed by atoms with Gasteiger partial charge in [0.1, 0.15) is 29.1 Å². The van der Waals surface area contributed by atoms with Crippen molar-refractivity contribution < 1.29 is 18.9 Å². The number of H-pyrrole nitrogens is 1. The highest BCUT2D eigenvalue weighted by Crippen LogP contribution is 2.41. The van der Waals surface area contributed by atoms with Crippen molar-refractivity contribution in [2.75, 3.05) is 33.4 Å². The van der Waals surface area contributed by atoms with Crippen molar-refractivity contribution in [1.29, 1.82) is 5.26 Å². The number of nitrogens with one attached hydrogen (secondary N) is 2. The van der Waals surface area contributed by atoms with Crippen molar-refractivity contribution >= 4 is 11.6 Å². The number of benzene rings is 1. The normalized spacial score (nSPS) is 10.2. The van der Waals surface area contributed by atoms with Gasteiger partial charge in [0.05, 0.1) is 37.9 Å². The molecule has 3 rings (SSSR count). The summed E-state index contributed by atoms with van der Waals surface area (Å²) >= 11 is 0. The number of hydrogen-bond donors (Lipinski definition) is 2. The van der Waals surface area contributed by atoms with Gasteiger partial charge in [-0.25, -0.2) is 9.97 Å². The molecule has 0 atom stereocenters. The number of aromatic nitrogens is 4. The summed E-state index contributed by atoms with van der Waals surface area (Å²) in [6, 6.07) is 7.16. The van der Waals surface area contributed by atoms with E-state index in [2.05, 4.69) is 25.5 Å². The maximum atomic E-state index is 8.79. The van der Waals surface area contributed by atoms with Crippen molar-refractivity contribution in [3.05, 3.63) is 36.3 Å². The van der Waals surface area contributed by atoms with E-state index in [1.54, 1.807) is 32.4 Å². The van der Waals surface area contributed by atoms with Crippen LogP contribution in [-0.4, -0.2) is 48.3 Å². The standard InChI is InChI=1S/C18H18N6O4/c1-25-10-28-15-5-12(26-2)4-14(27-3)18(15)13-6-16(24-23-13)22-17-9-20-11(7-19)8-21-17/h4-6,8-9H,10H2,1-3H3,(H2,21,22,23,24). The SMILES string of the molecule is COCOc1cc(OC)cc(OC)c1-c1cc(Nc2cnc(C#N)cn2)n[nH]1. The van der Waals surface area contributed by atoms with Gasteiger partial charge < -0.3 is 24.3 Å². The van der Waals surface area contributed by atoms with Gasteiger partial charge in [-0.05, 0) is 0 Å². The molecule has 0 bridgehead atoms. The monoisotopic (exact) mass is 382 g/mol. The van der Waals surface area contributed by atoms with Gasteiger partial charge in [-0.2, -0.15) is 10.4 Å². The Balaban J connectivity index is 1.93. The number of ether oxygens (including phenoxy) is 4. The molecule has 0 aliphatic heterocycles. The van der Waals surface area contributed by atoms with Gasteiger partial charge in [-0.3, -0.25) is 5.10 Å². The van der Waals surface area contributed by atoms with E-state index in [4.69, 9.17) is 24.2 Å². The fraction of sp³-hybridized carbons (Fsp3) is 0.222. The summed E-state index contributed by atoms with van der Waals surface area (Å²) in [4.78, 5) is 8.07. The second-order valence-electron chi connectivity index (χ2n) is 5.44. The summed E-state index contributed by atoms with van der Waals surface area (Å²) in [5, 5.41) is 19.0. The summed E-state index contributed by atoms with van der Waals surface area (Å²) in [5.74, 6) is 2.59. The summed E-state index contributed by atoms with van der Waals surface area (Å²) in [6.07, 6.45) is 2.83. The van der Waals surface area contributed by atoms with E-state index in [1.165, 1.54) is 19.5 Å². The van der Waals surface area contributed by atoms with E-state index >= 15 is 0 Å². The third kappa shape index (κ3) is 4.11. The number of nitriles is 1. The number of nitrogens with zero attached hydrogens (tertiary/aromatic N) is 4. The molecule has 0 fully saturated rings. The molecule has 1 aromatic carbocycles. The average Bonchev–Trinajstić information content (AvgIpc) is 3.19. The third-order valence-corrected chi connectivity index (χ3v) is 3.70. The largest absolute Gasteiger partial charge is 0.496 e. The van der Waals surface area contributed by atoms with Crippen LogP contribution in [0.5, 0.6) is 17.2 Å². The molecule has 0 saturated heterocycles. The van der Waals surface area contributed by atoms with E-state index in [1.807, 2.05) is 6.07 Å². The van der Waals surface area contributed by atoms with Gasteiger partial charge in [-0.15, -0.1) is 0 Å². The topological polar surface area (TPSA) is 127 Å². The second kappa shape index (κ2) is 8.70. The highest BCUT2D eigenvalue weighted by atomic mass is 16.7. The van der Waals surface area contributed by atoms with Crippen LogP contribution in [0.3, 0.4) is 0 Å². The van der Waals surface area contributed by atoms with Gasteiger partial charge in [0, 0.05) is 25.3 Å². The smallest absolute Gasteiger partial charge is 0.188 e. The lowest BCUT2D eigenvalue weighted by Crippen LogP contribution is -2.02. The molecule has 2 aromatic heterocycles. The molecular formula is C18H18N6O4. The number of methoxy groups -OCH3 is 3. The minimum Gasteiger partial charge on any atom is -0.496 e. The summed E-state index contributed by atoms with van der Waals surface area (Å²) in [6.45, 7) is 0.0589. The summed E-state index contributed by atoms with van der Waals surface area (Å²) in [7, 11) is 4.65. The Hall–Kier alpha value is -3.84. The predicted molar refractivity (Wildman–Crippen MR) is 99.7 cm³/mol.